The predicted molar refractivity (Wildman–Crippen MR) is 68.1 cm³/mol. The second kappa shape index (κ2) is 5.89. The summed E-state index contributed by atoms with van der Waals surface area (Å²) >= 11 is 3.05. The zero-order chi connectivity index (χ0) is 13.1. The average Bonchev–Trinajstić information content (AvgIpc) is 2.39. The van der Waals surface area contributed by atoms with Gasteiger partial charge in [-0.15, -0.1) is 0 Å². The van der Waals surface area contributed by atoms with Crippen LogP contribution in [0.15, 0.2) is 16.6 Å². The number of hydrogen-bond acceptors (Lipinski definition) is 2. The zero-order valence-electron chi connectivity index (χ0n) is 9.83. The second-order valence-corrected chi connectivity index (χ2v) is 5.45. The van der Waals surface area contributed by atoms with E-state index in [2.05, 4.69) is 15.9 Å². The maximum atomic E-state index is 13.8. The van der Waals surface area contributed by atoms with Gasteiger partial charge in [0.15, 0.2) is 0 Å². The number of carbonyl (C=O) groups is 1. The summed E-state index contributed by atoms with van der Waals surface area (Å²) in [6.07, 6.45) is 2.68. The van der Waals surface area contributed by atoms with E-state index in [1.807, 2.05) is 4.90 Å². The molecule has 2 nitrogen and oxygen atoms in total. The Kier molecular flexibility index (Phi) is 4.45. The van der Waals surface area contributed by atoms with Crippen molar-refractivity contribution in [2.45, 2.75) is 19.4 Å². The van der Waals surface area contributed by atoms with Crippen LogP contribution >= 0.6 is 15.9 Å². The zero-order valence-corrected chi connectivity index (χ0v) is 11.4. The van der Waals surface area contributed by atoms with Gasteiger partial charge in [-0.25, -0.2) is 8.78 Å². The molecule has 1 saturated heterocycles. The van der Waals surface area contributed by atoms with Gasteiger partial charge in [0.1, 0.15) is 17.9 Å². The Morgan fingerprint density at radius 2 is 2.22 bits per heavy atom. The van der Waals surface area contributed by atoms with Gasteiger partial charge in [-0.2, -0.15) is 0 Å². The molecule has 0 saturated carbocycles. The highest BCUT2D eigenvalue weighted by Crippen LogP contribution is 2.24. The van der Waals surface area contributed by atoms with Crippen LogP contribution in [0.3, 0.4) is 0 Å². The minimum atomic E-state index is -0.553. The third-order valence-electron chi connectivity index (χ3n) is 3.26. The van der Waals surface area contributed by atoms with Gasteiger partial charge in [0.05, 0.1) is 4.47 Å². The normalized spacial score (nSPS) is 20.9. The molecular weight excluding hydrogens is 304 g/mol. The van der Waals surface area contributed by atoms with E-state index in [1.165, 1.54) is 12.1 Å². The molecule has 0 aliphatic carbocycles. The van der Waals surface area contributed by atoms with Gasteiger partial charge < -0.3 is 4.79 Å². The van der Waals surface area contributed by atoms with Crippen molar-refractivity contribution in [3.8, 4) is 0 Å². The van der Waals surface area contributed by atoms with Gasteiger partial charge in [0, 0.05) is 24.6 Å². The average molecular weight is 318 g/mol. The number of likely N-dealkylation sites (tertiary alicyclic amines) is 1. The molecule has 2 rings (SSSR count). The van der Waals surface area contributed by atoms with Crippen LogP contribution in [-0.2, 0) is 11.3 Å². The number of benzene rings is 1. The molecule has 1 atom stereocenters. The Hall–Kier alpha value is -0.810. The molecule has 1 aromatic carbocycles. The Morgan fingerprint density at radius 1 is 1.44 bits per heavy atom. The van der Waals surface area contributed by atoms with E-state index in [-0.39, 0.29) is 22.5 Å². The first-order chi connectivity index (χ1) is 8.61. The largest absolute Gasteiger partial charge is 0.303 e. The maximum absolute atomic E-state index is 13.8. The van der Waals surface area contributed by atoms with E-state index in [4.69, 9.17) is 0 Å². The maximum Gasteiger partial charge on any atom is 0.144 e. The Bertz CT molecular complexity index is 453. The standard InChI is InChI=1S/C13H14BrF2NO/c14-11-3-4-12(15)10(13(11)16)7-17-5-1-2-9(6-17)8-18/h3-4,8-9H,1-2,5-7H2. The highest BCUT2D eigenvalue weighted by molar-refractivity contribution is 9.10. The molecule has 1 heterocycles. The Morgan fingerprint density at radius 3 is 2.94 bits per heavy atom. The number of carbonyl (C=O) groups excluding carboxylic acids is 1. The van der Waals surface area contributed by atoms with Crippen molar-refractivity contribution in [3.05, 3.63) is 33.8 Å². The third-order valence-corrected chi connectivity index (χ3v) is 3.87. The summed E-state index contributed by atoms with van der Waals surface area (Å²) in [7, 11) is 0. The van der Waals surface area contributed by atoms with Crippen molar-refractivity contribution < 1.29 is 13.6 Å². The molecule has 0 bridgehead atoms. The van der Waals surface area contributed by atoms with Crippen LogP contribution < -0.4 is 0 Å². The molecule has 1 aliphatic rings. The molecule has 98 valence electrons. The van der Waals surface area contributed by atoms with Crippen LogP contribution in [0.1, 0.15) is 18.4 Å². The van der Waals surface area contributed by atoms with Crippen LogP contribution in [0.25, 0.3) is 0 Å². The topological polar surface area (TPSA) is 20.3 Å². The van der Waals surface area contributed by atoms with Crippen molar-refractivity contribution in [2.75, 3.05) is 13.1 Å². The first-order valence-corrected chi connectivity index (χ1v) is 6.71. The van der Waals surface area contributed by atoms with Crippen molar-refractivity contribution in [2.24, 2.45) is 5.92 Å². The van der Waals surface area contributed by atoms with E-state index in [0.29, 0.717) is 6.54 Å². The minimum Gasteiger partial charge on any atom is -0.303 e. The fraction of sp³-hybridized carbons (Fsp3) is 0.462. The highest BCUT2D eigenvalue weighted by Gasteiger charge is 2.22. The van der Waals surface area contributed by atoms with Crippen LogP contribution in [-0.4, -0.2) is 24.3 Å². The second-order valence-electron chi connectivity index (χ2n) is 4.60. The molecular formula is C13H14BrF2NO. The lowest BCUT2D eigenvalue weighted by Gasteiger charge is -2.30. The van der Waals surface area contributed by atoms with Crippen molar-refractivity contribution in [1.82, 2.24) is 4.90 Å². The van der Waals surface area contributed by atoms with E-state index in [9.17, 15) is 13.6 Å². The van der Waals surface area contributed by atoms with Gasteiger partial charge in [-0.3, -0.25) is 4.90 Å². The molecule has 5 heteroatoms. The van der Waals surface area contributed by atoms with Gasteiger partial charge in [-0.05, 0) is 47.4 Å². The van der Waals surface area contributed by atoms with Gasteiger partial charge in [0.25, 0.3) is 0 Å². The highest BCUT2D eigenvalue weighted by atomic mass is 79.9. The quantitative estimate of drug-likeness (QED) is 0.630. The summed E-state index contributed by atoms with van der Waals surface area (Å²) in [6.45, 7) is 1.56. The summed E-state index contributed by atoms with van der Waals surface area (Å²) < 4.78 is 27.7. The Balaban J connectivity index is 2.14. The molecule has 0 amide bonds. The molecule has 1 aromatic rings. The summed E-state index contributed by atoms with van der Waals surface area (Å²) in [4.78, 5) is 12.7. The number of piperidine rings is 1. The van der Waals surface area contributed by atoms with Gasteiger partial charge in [0.2, 0.25) is 0 Å². The fourth-order valence-electron chi connectivity index (χ4n) is 2.28. The summed E-state index contributed by atoms with van der Waals surface area (Å²) in [5, 5.41) is 0. The summed E-state index contributed by atoms with van der Waals surface area (Å²) in [5.41, 5.74) is 0.0657. The molecule has 0 spiro atoms. The minimum absolute atomic E-state index is 0.0166. The van der Waals surface area contributed by atoms with Crippen LogP contribution in [0.5, 0.6) is 0 Å². The van der Waals surface area contributed by atoms with E-state index in [0.717, 1.165) is 25.7 Å². The molecule has 0 aromatic heterocycles. The first-order valence-electron chi connectivity index (χ1n) is 5.92. The fourth-order valence-corrected chi connectivity index (χ4v) is 2.66. The van der Waals surface area contributed by atoms with Gasteiger partial charge >= 0.3 is 0 Å². The summed E-state index contributed by atoms with van der Waals surface area (Å²) in [6, 6.07) is 2.61. The molecule has 1 aliphatic heterocycles. The van der Waals surface area contributed by atoms with Crippen LogP contribution in [0, 0.1) is 17.6 Å². The lowest BCUT2D eigenvalue weighted by Crippen LogP contribution is -2.36. The molecule has 0 N–H and O–H groups in total. The smallest absolute Gasteiger partial charge is 0.144 e. The molecule has 1 unspecified atom stereocenters. The van der Waals surface area contributed by atoms with Crippen molar-refractivity contribution in [3.63, 3.8) is 0 Å². The number of halogens is 3. The lowest BCUT2D eigenvalue weighted by molar-refractivity contribution is -0.112. The number of hydrogen-bond donors (Lipinski definition) is 0. The summed E-state index contributed by atoms with van der Waals surface area (Å²) in [5.74, 6) is -1.11. The predicted octanol–water partition coefficient (Wildman–Crippen LogP) is 3.14. The van der Waals surface area contributed by atoms with Crippen LogP contribution in [0.2, 0.25) is 0 Å². The van der Waals surface area contributed by atoms with Crippen LogP contribution in [0.4, 0.5) is 8.78 Å². The number of aldehydes is 1. The molecule has 0 radical (unpaired) electrons. The van der Waals surface area contributed by atoms with Crippen molar-refractivity contribution >= 4 is 22.2 Å². The lowest BCUT2D eigenvalue weighted by atomic mass is 9.99. The van der Waals surface area contributed by atoms with Crippen molar-refractivity contribution in [1.29, 1.82) is 0 Å². The molecule has 1 fully saturated rings. The van der Waals surface area contributed by atoms with E-state index in [1.54, 1.807) is 0 Å². The number of nitrogens with zero attached hydrogens (tertiary/aromatic N) is 1. The van der Waals surface area contributed by atoms with E-state index < -0.39 is 11.6 Å². The van der Waals surface area contributed by atoms with Gasteiger partial charge in [-0.1, -0.05) is 0 Å². The monoisotopic (exact) mass is 317 g/mol. The van der Waals surface area contributed by atoms with E-state index >= 15 is 0 Å². The Labute approximate surface area is 113 Å². The SMILES string of the molecule is O=CC1CCCN(Cc2c(F)ccc(Br)c2F)C1. The first kappa shape index (κ1) is 13.6. The molecule has 18 heavy (non-hydrogen) atoms. The third kappa shape index (κ3) is 2.95. The number of rotatable bonds is 3.